The highest BCUT2D eigenvalue weighted by molar-refractivity contribution is 6.33. The first-order chi connectivity index (χ1) is 13.6. The lowest BCUT2D eigenvalue weighted by molar-refractivity contribution is 0.211. The highest BCUT2D eigenvalue weighted by atomic mass is 35.5. The van der Waals surface area contributed by atoms with E-state index in [1.54, 1.807) is 4.52 Å². The molecule has 6 nitrogen and oxygen atoms in total. The minimum absolute atomic E-state index is 0.372. The molecule has 0 atom stereocenters. The van der Waals surface area contributed by atoms with Gasteiger partial charge in [0, 0.05) is 31.7 Å². The van der Waals surface area contributed by atoms with Gasteiger partial charge in [-0.25, -0.2) is 9.50 Å². The third-order valence-corrected chi connectivity index (χ3v) is 5.47. The molecule has 0 bridgehead atoms. The number of halogens is 1. The summed E-state index contributed by atoms with van der Waals surface area (Å²) in [6.45, 7) is 4.97. The van der Waals surface area contributed by atoms with Crippen molar-refractivity contribution < 1.29 is 0 Å². The molecule has 3 heterocycles. The highest BCUT2D eigenvalue weighted by Crippen LogP contribution is 2.22. The molecule has 3 aromatic rings. The van der Waals surface area contributed by atoms with Crippen molar-refractivity contribution in [3.8, 4) is 6.07 Å². The fourth-order valence-electron chi connectivity index (χ4n) is 3.67. The minimum Gasteiger partial charge on any atom is -0.366 e. The van der Waals surface area contributed by atoms with Crippen LogP contribution in [-0.4, -0.2) is 38.6 Å². The van der Waals surface area contributed by atoms with Crippen LogP contribution in [0.4, 0.5) is 5.82 Å². The zero-order valence-electron chi connectivity index (χ0n) is 15.9. The van der Waals surface area contributed by atoms with Crippen molar-refractivity contribution in [2.75, 3.05) is 18.4 Å². The van der Waals surface area contributed by atoms with Crippen LogP contribution in [0.15, 0.2) is 36.5 Å². The summed E-state index contributed by atoms with van der Waals surface area (Å²) >= 11 is 6.39. The summed E-state index contributed by atoms with van der Waals surface area (Å²) in [5.74, 6) is 0.790. The van der Waals surface area contributed by atoms with E-state index >= 15 is 0 Å². The average molecular weight is 395 g/mol. The van der Waals surface area contributed by atoms with Crippen LogP contribution in [0, 0.1) is 11.3 Å². The third-order valence-electron chi connectivity index (χ3n) is 5.19. The highest BCUT2D eigenvalue weighted by Gasteiger charge is 2.20. The summed E-state index contributed by atoms with van der Waals surface area (Å²) < 4.78 is 1.76. The monoisotopic (exact) mass is 394 g/mol. The SMILES string of the molecule is CCc1cn2nc(NC3CCN(Cc4cccc(C#N)c4)CC3)cc(Cl)c2n1. The topological polar surface area (TPSA) is 69.2 Å². The maximum atomic E-state index is 9.05. The Balaban J connectivity index is 1.36. The van der Waals surface area contributed by atoms with Gasteiger partial charge in [0.15, 0.2) is 5.65 Å². The Morgan fingerprint density at radius 3 is 2.86 bits per heavy atom. The Bertz CT molecular complexity index is 1010. The van der Waals surface area contributed by atoms with Crippen LogP contribution in [0.1, 0.15) is 36.6 Å². The number of aromatic nitrogens is 3. The lowest BCUT2D eigenvalue weighted by Crippen LogP contribution is -2.38. The van der Waals surface area contributed by atoms with Gasteiger partial charge in [0.1, 0.15) is 5.82 Å². The number of hydrogen-bond donors (Lipinski definition) is 1. The molecule has 1 aliphatic rings. The van der Waals surface area contributed by atoms with Crippen LogP contribution in [0.3, 0.4) is 0 Å². The maximum absolute atomic E-state index is 9.05. The van der Waals surface area contributed by atoms with Crippen molar-refractivity contribution in [1.82, 2.24) is 19.5 Å². The summed E-state index contributed by atoms with van der Waals surface area (Å²) in [6, 6.07) is 12.3. The molecule has 4 rings (SSSR count). The van der Waals surface area contributed by atoms with Gasteiger partial charge in [-0.1, -0.05) is 30.7 Å². The molecule has 2 aromatic heterocycles. The fraction of sp³-hybridized carbons (Fsp3) is 0.381. The Labute approximate surface area is 169 Å². The molecule has 1 saturated heterocycles. The molecule has 0 amide bonds. The maximum Gasteiger partial charge on any atom is 0.172 e. The van der Waals surface area contributed by atoms with Crippen LogP contribution >= 0.6 is 11.6 Å². The molecule has 7 heteroatoms. The Kier molecular flexibility index (Phi) is 5.47. The first kappa shape index (κ1) is 18.7. The lowest BCUT2D eigenvalue weighted by atomic mass is 10.0. The summed E-state index contributed by atoms with van der Waals surface area (Å²) in [4.78, 5) is 6.93. The second kappa shape index (κ2) is 8.17. The van der Waals surface area contributed by atoms with Crippen LogP contribution in [-0.2, 0) is 13.0 Å². The first-order valence-corrected chi connectivity index (χ1v) is 10.0. The number of anilines is 1. The van der Waals surface area contributed by atoms with Crippen LogP contribution < -0.4 is 5.32 Å². The van der Waals surface area contributed by atoms with Gasteiger partial charge in [-0.05, 0) is 37.0 Å². The van der Waals surface area contributed by atoms with Crippen molar-refractivity contribution in [3.05, 3.63) is 58.4 Å². The molecule has 1 aliphatic heterocycles. The molecule has 0 aliphatic carbocycles. The average Bonchev–Trinajstić information content (AvgIpc) is 3.13. The number of fused-ring (bicyclic) bond motifs is 1. The van der Waals surface area contributed by atoms with E-state index in [9.17, 15) is 0 Å². The number of nitriles is 1. The van der Waals surface area contributed by atoms with Crippen LogP contribution in [0.5, 0.6) is 0 Å². The summed E-state index contributed by atoms with van der Waals surface area (Å²) in [7, 11) is 0. The Morgan fingerprint density at radius 2 is 2.11 bits per heavy atom. The van der Waals surface area contributed by atoms with Gasteiger partial charge in [-0.15, -0.1) is 5.10 Å². The molecule has 0 saturated carbocycles. The molecular weight excluding hydrogens is 372 g/mol. The van der Waals surface area contributed by atoms with Gasteiger partial charge in [0.05, 0.1) is 28.5 Å². The first-order valence-electron chi connectivity index (χ1n) is 9.67. The van der Waals surface area contributed by atoms with E-state index in [2.05, 4.69) is 39.4 Å². The molecule has 0 spiro atoms. The molecule has 28 heavy (non-hydrogen) atoms. The number of likely N-dealkylation sites (tertiary alicyclic amines) is 1. The largest absolute Gasteiger partial charge is 0.366 e. The van der Waals surface area contributed by atoms with Crippen molar-refractivity contribution in [2.45, 2.75) is 38.8 Å². The van der Waals surface area contributed by atoms with Gasteiger partial charge in [0.2, 0.25) is 0 Å². The number of hydrogen-bond acceptors (Lipinski definition) is 5. The second-order valence-corrected chi connectivity index (χ2v) is 7.65. The summed E-state index contributed by atoms with van der Waals surface area (Å²) in [5, 5.41) is 17.8. The molecule has 1 N–H and O–H groups in total. The Hall–Kier alpha value is -2.62. The molecule has 1 aromatic carbocycles. The third kappa shape index (κ3) is 4.11. The van der Waals surface area contributed by atoms with E-state index in [1.165, 1.54) is 5.56 Å². The van der Waals surface area contributed by atoms with Crippen molar-refractivity contribution in [1.29, 1.82) is 5.26 Å². The van der Waals surface area contributed by atoms with Gasteiger partial charge in [-0.3, -0.25) is 4.90 Å². The minimum atomic E-state index is 0.372. The smallest absolute Gasteiger partial charge is 0.172 e. The summed E-state index contributed by atoms with van der Waals surface area (Å²) in [6.07, 6.45) is 4.88. The molecule has 1 fully saturated rings. The van der Waals surface area contributed by atoms with Gasteiger partial charge in [-0.2, -0.15) is 5.26 Å². The molecule has 0 radical (unpaired) electrons. The number of rotatable bonds is 5. The van der Waals surface area contributed by atoms with Crippen LogP contribution in [0.25, 0.3) is 5.65 Å². The Morgan fingerprint density at radius 1 is 1.29 bits per heavy atom. The van der Waals surface area contributed by atoms with Gasteiger partial charge in [0.25, 0.3) is 0 Å². The number of nitrogens with zero attached hydrogens (tertiary/aromatic N) is 5. The molecule has 144 valence electrons. The molecule has 0 unspecified atom stereocenters. The fourth-order valence-corrected chi connectivity index (χ4v) is 3.90. The number of piperidine rings is 1. The van der Waals surface area contributed by atoms with Crippen molar-refractivity contribution >= 4 is 23.1 Å². The lowest BCUT2D eigenvalue weighted by Gasteiger charge is -2.32. The standard InChI is InChI=1S/C21H23ClN6/c1-2-17-14-28-21(25-17)19(22)11-20(26-28)24-18-6-8-27(9-7-18)13-16-5-3-4-15(10-16)12-23/h3-5,10-11,14,18H,2,6-9,13H2,1H3,(H,24,26). The second-order valence-electron chi connectivity index (χ2n) is 7.24. The number of aryl methyl sites for hydroxylation is 1. The van der Waals surface area contributed by atoms with Gasteiger partial charge >= 0.3 is 0 Å². The summed E-state index contributed by atoms with van der Waals surface area (Å²) in [5.41, 5.74) is 3.60. The predicted octanol–water partition coefficient (Wildman–Crippen LogP) is 3.89. The number of imidazole rings is 1. The number of nitrogens with one attached hydrogen (secondary N) is 1. The van der Waals surface area contributed by atoms with E-state index in [-0.39, 0.29) is 0 Å². The van der Waals surface area contributed by atoms with E-state index in [1.807, 2.05) is 30.5 Å². The van der Waals surface area contributed by atoms with E-state index in [0.717, 1.165) is 56.0 Å². The quantitative estimate of drug-likeness (QED) is 0.710. The van der Waals surface area contributed by atoms with E-state index in [0.29, 0.717) is 16.7 Å². The van der Waals surface area contributed by atoms with Gasteiger partial charge < -0.3 is 5.32 Å². The van der Waals surface area contributed by atoms with Crippen molar-refractivity contribution in [3.63, 3.8) is 0 Å². The van der Waals surface area contributed by atoms with Crippen LogP contribution in [0.2, 0.25) is 5.02 Å². The zero-order chi connectivity index (χ0) is 19.5. The zero-order valence-corrected chi connectivity index (χ0v) is 16.7. The van der Waals surface area contributed by atoms with E-state index < -0.39 is 0 Å². The van der Waals surface area contributed by atoms with Crippen molar-refractivity contribution in [2.24, 2.45) is 0 Å². The number of benzene rings is 1. The predicted molar refractivity (Wildman–Crippen MR) is 110 cm³/mol. The normalized spacial score (nSPS) is 15.6. The molecular formula is C21H23ClN6. The van der Waals surface area contributed by atoms with E-state index in [4.69, 9.17) is 16.9 Å².